The summed E-state index contributed by atoms with van der Waals surface area (Å²) in [7, 11) is 0. The average Bonchev–Trinajstić information content (AvgIpc) is 2.54. The highest BCUT2D eigenvalue weighted by Gasteiger charge is 2.14. The van der Waals surface area contributed by atoms with Crippen molar-refractivity contribution in [1.29, 1.82) is 0 Å². The summed E-state index contributed by atoms with van der Waals surface area (Å²) in [6.07, 6.45) is 1.50. The van der Waals surface area contributed by atoms with E-state index in [1.807, 2.05) is 0 Å². The third-order valence-corrected chi connectivity index (χ3v) is 3.43. The van der Waals surface area contributed by atoms with Crippen LogP contribution in [0.25, 0.3) is 0 Å². The molecule has 1 aromatic carbocycles. The molecule has 9 nitrogen and oxygen atoms in total. The number of carbonyl (C=O) groups excluding carboxylic acids is 3. The summed E-state index contributed by atoms with van der Waals surface area (Å²) in [6.45, 7) is 1.78. The number of urea groups is 1. The van der Waals surface area contributed by atoms with E-state index >= 15 is 0 Å². The fourth-order valence-electron chi connectivity index (χ4n) is 2.20. The van der Waals surface area contributed by atoms with Gasteiger partial charge in [0, 0.05) is 30.5 Å². The van der Waals surface area contributed by atoms with E-state index in [0.717, 1.165) is 0 Å². The Bertz CT molecular complexity index is 891. The highest BCUT2D eigenvalue weighted by Crippen LogP contribution is 2.16. The molecular weight excluding hydrogens is 338 g/mol. The highest BCUT2D eigenvalue weighted by atomic mass is 16.2. The molecule has 1 aromatic heterocycles. The summed E-state index contributed by atoms with van der Waals surface area (Å²) in [5, 5.41) is 7.67. The Morgan fingerprint density at radius 3 is 2.46 bits per heavy atom. The summed E-state index contributed by atoms with van der Waals surface area (Å²) in [4.78, 5) is 49.0. The molecule has 0 unspecified atom stereocenters. The number of pyridine rings is 1. The first-order valence-electron chi connectivity index (χ1n) is 7.79. The summed E-state index contributed by atoms with van der Waals surface area (Å²) < 4.78 is 0. The molecule has 9 heteroatoms. The number of rotatable bonds is 6. The van der Waals surface area contributed by atoms with Crippen LogP contribution in [0.1, 0.15) is 22.3 Å². The quantitative estimate of drug-likeness (QED) is 0.523. The van der Waals surface area contributed by atoms with Crippen molar-refractivity contribution in [3.63, 3.8) is 0 Å². The van der Waals surface area contributed by atoms with Crippen molar-refractivity contribution in [3.8, 4) is 0 Å². The number of aryl methyl sites for hydroxylation is 1. The van der Waals surface area contributed by atoms with Crippen molar-refractivity contribution >= 4 is 29.2 Å². The van der Waals surface area contributed by atoms with Gasteiger partial charge in [0.05, 0.1) is 0 Å². The monoisotopic (exact) mass is 357 g/mol. The molecule has 0 fully saturated rings. The number of amides is 4. The zero-order valence-electron chi connectivity index (χ0n) is 14.1. The zero-order valence-corrected chi connectivity index (χ0v) is 14.1. The molecular formula is C17H19N5O4. The van der Waals surface area contributed by atoms with Gasteiger partial charge in [-0.2, -0.15) is 0 Å². The molecule has 0 saturated carbocycles. The van der Waals surface area contributed by atoms with Gasteiger partial charge < -0.3 is 26.7 Å². The van der Waals surface area contributed by atoms with Crippen molar-refractivity contribution in [2.75, 3.05) is 17.2 Å². The van der Waals surface area contributed by atoms with Gasteiger partial charge in [0.2, 0.25) is 5.91 Å². The second-order valence-corrected chi connectivity index (χ2v) is 5.50. The van der Waals surface area contributed by atoms with Crippen LogP contribution in [-0.4, -0.2) is 29.4 Å². The number of carbonyl (C=O) groups is 3. The summed E-state index contributed by atoms with van der Waals surface area (Å²) in [5.74, 6) is -1.06. The van der Waals surface area contributed by atoms with Crippen LogP contribution >= 0.6 is 0 Å². The van der Waals surface area contributed by atoms with E-state index in [2.05, 4.69) is 20.9 Å². The van der Waals surface area contributed by atoms with E-state index in [-0.39, 0.29) is 18.5 Å². The number of nitrogens with two attached hydrogens (primary N) is 1. The average molecular weight is 357 g/mol. The highest BCUT2D eigenvalue weighted by molar-refractivity contribution is 6.05. The SMILES string of the molecule is Cc1cc[nH]c(=O)c1C(=O)Nc1cccc(NC(=O)NCCC(N)=O)c1. The van der Waals surface area contributed by atoms with Gasteiger partial charge in [0.15, 0.2) is 0 Å². The number of nitrogens with one attached hydrogen (secondary N) is 4. The fourth-order valence-corrected chi connectivity index (χ4v) is 2.20. The van der Waals surface area contributed by atoms with Crippen molar-refractivity contribution < 1.29 is 14.4 Å². The van der Waals surface area contributed by atoms with Gasteiger partial charge in [0.25, 0.3) is 11.5 Å². The predicted octanol–water partition coefficient (Wildman–Crippen LogP) is 0.933. The summed E-state index contributed by atoms with van der Waals surface area (Å²) in [5.41, 5.74) is 5.92. The molecule has 136 valence electrons. The Kier molecular flexibility index (Phi) is 6.10. The minimum atomic E-state index is -0.549. The Morgan fingerprint density at radius 2 is 1.81 bits per heavy atom. The van der Waals surface area contributed by atoms with Crippen LogP contribution in [0.3, 0.4) is 0 Å². The number of benzene rings is 1. The van der Waals surface area contributed by atoms with Crippen LogP contribution in [0.5, 0.6) is 0 Å². The fraction of sp³-hybridized carbons (Fsp3) is 0.176. The standard InChI is InChI=1S/C17H19N5O4/c1-10-5-7-19-15(24)14(10)16(25)21-11-3-2-4-12(9-11)22-17(26)20-8-6-13(18)23/h2-5,7,9H,6,8H2,1H3,(H2,18,23)(H,19,24)(H,21,25)(H2,20,22,26). The molecule has 0 aliphatic heterocycles. The van der Waals surface area contributed by atoms with Crippen LogP contribution in [0.2, 0.25) is 0 Å². The number of H-pyrrole nitrogens is 1. The number of primary amides is 1. The lowest BCUT2D eigenvalue weighted by Crippen LogP contribution is -2.31. The normalized spacial score (nSPS) is 10.0. The van der Waals surface area contributed by atoms with Crippen LogP contribution in [0, 0.1) is 6.92 Å². The third-order valence-electron chi connectivity index (χ3n) is 3.43. The minimum absolute atomic E-state index is 0.0232. The van der Waals surface area contributed by atoms with E-state index in [1.165, 1.54) is 12.3 Å². The smallest absolute Gasteiger partial charge is 0.319 e. The van der Waals surface area contributed by atoms with Crippen LogP contribution in [0.4, 0.5) is 16.2 Å². The first kappa shape index (κ1) is 18.7. The van der Waals surface area contributed by atoms with E-state index in [9.17, 15) is 19.2 Å². The lowest BCUT2D eigenvalue weighted by molar-refractivity contribution is -0.117. The van der Waals surface area contributed by atoms with Crippen molar-refractivity contribution in [2.24, 2.45) is 5.73 Å². The maximum atomic E-state index is 12.3. The number of hydrogen-bond donors (Lipinski definition) is 5. The molecule has 2 rings (SSSR count). The molecule has 0 spiro atoms. The molecule has 26 heavy (non-hydrogen) atoms. The molecule has 4 amide bonds. The predicted molar refractivity (Wildman–Crippen MR) is 97.0 cm³/mol. The van der Waals surface area contributed by atoms with E-state index in [1.54, 1.807) is 31.2 Å². The van der Waals surface area contributed by atoms with Gasteiger partial charge in [-0.15, -0.1) is 0 Å². The largest absolute Gasteiger partial charge is 0.370 e. The first-order chi connectivity index (χ1) is 12.4. The molecule has 0 saturated heterocycles. The molecule has 6 N–H and O–H groups in total. The minimum Gasteiger partial charge on any atom is -0.370 e. The molecule has 0 bridgehead atoms. The van der Waals surface area contributed by atoms with Crippen LogP contribution in [0.15, 0.2) is 41.3 Å². The van der Waals surface area contributed by atoms with Gasteiger partial charge in [-0.25, -0.2) is 4.79 Å². The zero-order chi connectivity index (χ0) is 19.1. The van der Waals surface area contributed by atoms with Crippen molar-refractivity contribution in [3.05, 3.63) is 58.0 Å². The van der Waals surface area contributed by atoms with E-state index in [0.29, 0.717) is 16.9 Å². The molecule has 2 aromatic rings. The Hall–Kier alpha value is -3.62. The number of hydrogen-bond acceptors (Lipinski definition) is 4. The van der Waals surface area contributed by atoms with Gasteiger partial charge in [-0.05, 0) is 36.8 Å². The van der Waals surface area contributed by atoms with Crippen LogP contribution in [-0.2, 0) is 4.79 Å². The molecule has 0 radical (unpaired) electrons. The number of aromatic nitrogens is 1. The van der Waals surface area contributed by atoms with Gasteiger partial charge in [0.1, 0.15) is 5.56 Å². The van der Waals surface area contributed by atoms with E-state index in [4.69, 9.17) is 5.73 Å². The Labute approximate surface area is 149 Å². The number of anilines is 2. The molecule has 0 aliphatic carbocycles. The summed E-state index contributed by atoms with van der Waals surface area (Å²) >= 11 is 0. The maximum Gasteiger partial charge on any atom is 0.319 e. The first-order valence-corrected chi connectivity index (χ1v) is 7.79. The van der Waals surface area contributed by atoms with Crippen LogP contribution < -0.4 is 27.2 Å². The summed E-state index contributed by atoms with van der Waals surface area (Å²) in [6, 6.07) is 7.55. The van der Waals surface area contributed by atoms with Gasteiger partial charge >= 0.3 is 6.03 Å². The second kappa shape index (κ2) is 8.47. The van der Waals surface area contributed by atoms with Gasteiger partial charge in [-0.1, -0.05) is 6.07 Å². The lowest BCUT2D eigenvalue weighted by Gasteiger charge is -2.10. The Morgan fingerprint density at radius 1 is 1.12 bits per heavy atom. The van der Waals surface area contributed by atoms with E-state index < -0.39 is 23.4 Å². The molecule has 1 heterocycles. The lowest BCUT2D eigenvalue weighted by atomic mass is 10.1. The third kappa shape index (κ3) is 5.20. The molecule has 0 aliphatic rings. The van der Waals surface area contributed by atoms with Crippen molar-refractivity contribution in [2.45, 2.75) is 13.3 Å². The van der Waals surface area contributed by atoms with Crippen molar-refractivity contribution in [1.82, 2.24) is 10.3 Å². The second-order valence-electron chi connectivity index (χ2n) is 5.50. The Balaban J connectivity index is 2.03. The maximum absolute atomic E-state index is 12.3. The molecule has 0 atom stereocenters. The topological polar surface area (TPSA) is 146 Å². The number of aromatic amines is 1. The van der Waals surface area contributed by atoms with Gasteiger partial charge in [-0.3, -0.25) is 14.4 Å².